The van der Waals surface area contributed by atoms with Crippen LogP contribution in [-0.2, 0) is 14.3 Å². The van der Waals surface area contributed by atoms with Gasteiger partial charge in [0, 0.05) is 11.6 Å². The summed E-state index contributed by atoms with van der Waals surface area (Å²) in [6.07, 6.45) is 1.31. The van der Waals surface area contributed by atoms with E-state index in [1.165, 1.54) is 0 Å². The first-order valence-corrected chi connectivity index (χ1v) is 8.42. The minimum atomic E-state index is -0.470. The van der Waals surface area contributed by atoms with Gasteiger partial charge in [-0.2, -0.15) is 4.98 Å². The first-order valence-electron chi connectivity index (χ1n) is 8.04. The van der Waals surface area contributed by atoms with Gasteiger partial charge in [-0.05, 0) is 30.5 Å². The summed E-state index contributed by atoms with van der Waals surface area (Å²) < 4.78 is 6.96. The fraction of sp³-hybridized carbons (Fsp3) is 0.375. The van der Waals surface area contributed by atoms with E-state index in [1.54, 1.807) is 16.8 Å². The Morgan fingerprint density at radius 1 is 1.36 bits per heavy atom. The number of aromatic nitrogens is 3. The average Bonchev–Trinajstić information content (AvgIpc) is 3.24. The van der Waals surface area contributed by atoms with Crippen LogP contribution in [0, 0.1) is 0 Å². The van der Waals surface area contributed by atoms with Crippen molar-refractivity contribution in [2.75, 3.05) is 17.2 Å². The molecule has 2 N–H and O–H groups in total. The average molecular weight is 362 g/mol. The maximum Gasteiger partial charge on any atom is 0.255 e. The van der Waals surface area contributed by atoms with Crippen molar-refractivity contribution in [2.24, 2.45) is 0 Å². The number of carbonyl (C=O) groups excluding carboxylic acids is 2. The number of hydrogen-bond acceptors (Lipinski definition) is 5. The van der Waals surface area contributed by atoms with E-state index in [0.717, 1.165) is 12.0 Å². The van der Waals surface area contributed by atoms with Gasteiger partial charge in [0.1, 0.15) is 6.10 Å². The fourth-order valence-electron chi connectivity index (χ4n) is 3.04. The zero-order valence-electron chi connectivity index (χ0n) is 13.2. The van der Waals surface area contributed by atoms with E-state index in [-0.39, 0.29) is 30.2 Å². The summed E-state index contributed by atoms with van der Waals surface area (Å²) in [5, 5.41) is 10.3. The Balaban J connectivity index is 1.60. The Morgan fingerprint density at radius 2 is 2.16 bits per heavy atom. The molecule has 1 saturated heterocycles. The van der Waals surface area contributed by atoms with Crippen molar-refractivity contribution >= 4 is 35.3 Å². The summed E-state index contributed by atoms with van der Waals surface area (Å²) in [6, 6.07) is 6.92. The van der Waals surface area contributed by atoms with Gasteiger partial charge in [0.05, 0.1) is 12.5 Å². The van der Waals surface area contributed by atoms with E-state index in [9.17, 15) is 9.59 Å². The van der Waals surface area contributed by atoms with Crippen molar-refractivity contribution in [2.45, 2.75) is 31.4 Å². The van der Waals surface area contributed by atoms with E-state index < -0.39 is 6.10 Å². The molecule has 2 aliphatic heterocycles. The van der Waals surface area contributed by atoms with Gasteiger partial charge in [0.15, 0.2) is 0 Å². The number of nitrogens with one attached hydrogen (secondary N) is 2. The lowest BCUT2D eigenvalue weighted by molar-refractivity contribution is -0.124. The molecule has 25 heavy (non-hydrogen) atoms. The van der Waals surface area contributed by atoms with Gasteiger partial charge < -0.3 is 4.74 Å². The molecule has 2 aliphatic rings. The highest BCUT2D eigenvalue weighted by Crippen LogP contribution is 2.30. The van der Waals surface area contributed by atoms with Gasteiger partial charge in [0.25, 0.3) is 11.9 Å². The predicted octanol–water partition coefficient (Wildman–Crippen LogP) is 1.98. The van der Waals surface area contributed by atoms with Crippen molar-refractivity contribution < 1.29 is 14.3 Å². The van der Waals surface area contributed by atoms with Crippen LogP contribution in [0.15, 0.2) is 24.3 Å². The lowest BCUT2D eigenvalue weighted by Crippen LogP contribution is -2.29. The molecule has 2 atom stereocenters. The van der Waals surface area contributed by atoms with Crippen LogP contribution in [-0.4, -0.2) is 39.3 Å². The number of fused-ring (bicyclic) bond motifs is 1. The molecular formula is C16H16ClN5O3. The number of anilines is 2. The van der Waals surface area contributed by atoms with Crippen LogP contribution in [0.1, 0.15) is 30.9 Å². The van der Waals surface area contributed by atoms with Gasteiger partial charge in [-0.25, -0.2) is 4.68 Å². The molecule has 3 heterocycles. The minimum Gasteiger partial charge on any atom is -0.368 e. The van der Waals surface area contributed by atoms with Crippen LogP contribution >= 0.6 is 11.6 Å². The molecular weight excluding hydrogens is 346 g/mol. The van der Waals surface area contributed by atoms with Crippen molar-refractivity contribution in [3.05, 3.63) is 34.9 Å². The summed E-state index contributed by atoms with van der Waals surface area (Å²) in [5.74, 6) is 0.0298. The molecule has 0 saturated carbocycles. The maximum atomic E-state index is 12.2. The maximum absolute atomic E-state index is 12.2. The number of benzene rings is 1. The largest absolute Gasteiger partial charge is 0.368 e. The monoisotopic (exact) mass is 361 g/mol. The van der Waals surface area contributed by atoms with Crippen LogP contribution in [0.4, 0.5) is 11.9 Å². The van der Waals surface area contributed by atoms with Crippen LogP contribution in [0.2, 0.25) is 5.02 Å². The quantitative estimate of drug-likeness (QED) is 0.871. The predicted molar refractivity (Wildman–Crippen MR) is 90.5 cm³/mol. The molecule has 130 valence electrons. The van der Waals surface area contributed by atoms with Gasteiger partial charge >= 0.3 is 0 Å². The highest BCUT2D eigenvalue weighted by molar-refractivity contribution is 6.30. The lowest BCUT2D eigenvalue weighted by atomic mass is 10.0. The highest BCUT2D eigenvalue weighted by Gasteiger charge is 2.30. The molecule has 1 fully saturated rings. The molecule has 0 aliphatic carbocycles. The first kappa shape index (κ1) is 16.0. The summed E-state index contributed by atoms with van der Waals surface area (Å²) in [6.45, 7) is 0.583. The molecule has 0 bridgehead atoms. The summed E-state index contributed by atoms with van der Waals surface area (Å²) in [7, 11) is 0. The van der Waals surface area contributed by atoms with E-state index in [1.807, 2.05) is 12.1 Å². The second kappa shape index (κ2) is 6.45. The number of ether oxygens (including phenoxy) is 1. The van der Waals surface area contributed by atoms with Crippen molar-refractivity contribution in [1.29, 1.82) is 0 Å². The third kappa shape index (κ3) is 3.22. The zero-order chi connectivity index (χ0) is 17.4. The molecule has 1 aromatic heterocycles. The third-order valence-electron chi connectivity index (χ3n) is 4.27. The second-order valence-electron chi connectivity index (χ2n) is 6.01. The van der Waals surface area contributed by atoms with Crippen LogP contribution < -0.4 is 10.6 Å². The zero-order valence-corrected chi connectivity index (χ0v) is 14.0. The number of nitrogens with zero attached hydrogens (tertiary/aromatic N) is 3. The summed E-state index contributed by atoms with van der Waals surface area (Å²) >= 11 is 5.93. The van der Waals surface area contributed by atoms with Gasteiger partial charge in [-0.3, -0.25) is 20.2 Å². The smallest absolute Gasteiger partial charge is 0.255 e. The molecule has 9 heteroatoms. The molecule has 0 spiro atoms. The van der Waals surface area contributed by atoms with Crippen molar-refractivity contribution in [1.82, 2.24) is 14.8 Å². The SMILES string of the molecule is O=C1C[C@H](c2ccc(Cl)cc2)n2nc(NC(=O)[C@@H]3CCCO3)nc2N1. The van der Waals surface area contributed by atoms with Crippen LogP contribution in [0.25, 0.3) is 0 Å². The van der Waals surface area contributed by atoms with Gasteiger partial charge in [-0.1, -0.05) is 23.7 Å². The highest BCUT2D eigenvalue weighted by atomic mass is 35.5. The molecule has 2 amide bonds. The van der Waals surface area contributed by atoms with Crippen molar-refractivity contribution in [3.63, 3.8) is 0 Å². The minimum absolute atomic E-state index is 0.150. The van der Waals surface area contributed by atoms with Gasteiger partial charge in [0.2, 0.25) is 11.9 Å². The third-order valence-corrected chi connectivity index (χ3v) is 4.52. The number of halogens is 1. The number of carbonyl (C=O) groups is 2. The topological polar surface area (TPSA) is 98.1 Å². The van der Waals surface area contributed by atoms with E-state index in [0.29, 0.717) is 24.0 Å². The van der Waals surface area contributed by atoms with Crippen molar-refractivity contribution in [3.8, 4) is 0 Å². The summed E-state index contributed by atoms with van der Waals surface area (Å²) in [4.78, 5) is 28.4. The Hall–Kier alpha value is -2.45. The lowest BCUT2D eigenvalue weighted by Gasteiger charge is -2.23. The molecule has 4 rings (SSSR count). The molecule has 0 radical (unpaired) electrons. The number of hydrogen-bond donors (Lipinski definition) is 2. The number of rotatable bonds is 3. The van der Waals surface area contributed by atoms with E-state index in [2.05, 4.69) is 20.7 Å². The van der Waals surface area contributed by atoms with E-state index >= 15 is 0 Å². The molecule has 0 unspecified atom stereocenters. The molecule has 8 nitrogen and oxygen atoms in total. The van der Waals surface area contributed by atoms with Crippen LogP contribution in [0.5, 0.6) is 0 Å². The first-order chi connectivity index (χ1) is 12.1. The normalized spacial score (nSPS) is 22.4. The fourth-order valence-corrected chi connectivity index (χ4v) is 3.16. The van der Waals surface area contributed by atoms with Crippen LogP contribution in [0.3, 0.4) is 0 Å². The molecule has 2 aromatic rings. The summed E-state index contributed by atoms with van der Waals surface area (Å²) in [5.41, 5.74) is 0.891. The standard InChI is InChI=1S/C16H16ClN5O3/c17-10-5-3-9(4-6-10)11-8-13(23)18-16-20-15(21-22(11)16)19-14(24)12-2-1-7-25-12/h3-6,11-12H,1-2,7-8H2,(H2,18,19,20,21,23,24)/t11-,12+/m1/s1. The second-order valence-corrected chi connectivity index (χ2v) is 6.45. The van der Waals surface area contributed by atoms with E-state index in [4.69, 9.17) is 16.3 Å². The Labute approximate surface area is 148 Å². The Morgan fingerprint density at radius 3 is 2.88 bits per heavy atom. The number of amides is 2. The van der Waals surface area contributed by atoms with Gasteiger partial charge in [-0.15, -0.1) is 5.10 Å². The molecule has 1 aromatic carbocycles. The Bertz CT molecular complexity index is 814. The Kier molecular flexibility index (Phi) is 4.14.